The first-order chi connectivity index (χ1) is 8.38. The maximum atomic E-state index is 12.6. The quantitative estimate of drug-likeness (QED) is 0.817. The van der Waals surface area contributed by atoms with E-state index in [1.54, 1.807) is 0 Å². The van der Waals surface area contributed by atoms with Gasteiger partial charge in [0.25, 0.3) is 0 Å². The first kappa shape index (κ1) is 12.9. The molecule has 2 rings (SSSR count). The molecule has 3 nitrogen and oxygen atoms in total. The second kappa shape index (κ2) is 4.59. The molecular weight excluding hydrogens is 245 g/mol. The molecule has 1 aliphatic rings. The van der Waals surface area contributed by atoms with Gasteiger partial charge in [0.15, 0.2) is 0 Å². The number of pyridine rings is 1. The van der Waals surface area contributed by atoms with Crippen molar-refractivity contribution in [1.82, 2.24) is 4.98 Å². The first-order valence-corrected chi connectivity index (χ1v) is 5.62. The Morgan fingerprint density at radius 1 is 1.39 bits per heavy atom. The van der Waals surface area contributed by atoms with Crippen LogP contribution in [-0.2, 0) is 10.9 Å². The lowest BCUT2D eigenvalue weighted by Gasteiger charge is -2.07. The number of aromatic nitrogens is 1. The molecule has 0 fully saturated rings. The van der Waals surface area contributed by atoms with Gasteiger partial charge in [-0.25, -0.2) is 4.99 Å². The van der Waals surface area contributed by atoms with Crippen molar-refractivity contribution in [2.45, 2.75) is 26.1 Å². The highest BCUT2D eigenvalue weighted by Crippen LogP contribution is 2.29. The second-order valence-electron chi connectivity index (χ2n) is 4.48. The van der Waals surface area contributed by atoms with E-state index in [2.05, 4.69) is 9.98 Å². The second-order valence-corrected chi connectivity index (χ2v) is 4.48. The Balaban J connectivity index is 2.28. The van der Waals surface area contributed by atoms with Crippen LogP contribution in [0.4, 0.5) is 13.2 Å². The molecule has 0 bridgehead atoms. The molecule has 6 heteroatoms. The molecule has 0 amide bonds. The van der Waals surface area contributed by atoms with Crippen LogP contribution in [-0.4, -0.2) is 23.5 Å². The SMILES string of the molecule is CC(C)[C@H]1COC(c2cc(C(F)(F)F)ccn2)=N1. The van der Waals surface area contributed by atoms with E-state index in [4.69, 9.17) is 4.74 Å². The van der Waals surface area contributed by atoms with E-state index in [0.717, 1.165) is 18.3 Å². The summed E-state index contributed by atoms with van der Waals surface area (Å²) in [6.07, 6.45) is -3.26. The van der Waals surface area contributed by atoms with Gasteiger partial charge in [-0.05, 0) is 18.1 Å². The summed E-state index contributed by atoms with van der Waals surface area (Å²) in [5.74, 6) is 0.480. The number of halogens is 3. The van der Waals surface area contributed by atoms with E-state index in [1.165, 1.54) is 0 Å². The highest BCUT2D eigenvalue weighted by Gasteiger charge is 2.32. The average molecular weight is 258 g/mol. The normalized spacial score (nSPS) is 19.9. The number of hydrogen-bond acceptors (Lipinski definition) is 3. The first-order valence-electron chi connectivity index (χ1n) is 5.62. The summed E-state index contributed by atoms with van der Waals surface area (Å²) >= 11 is 0. The zero-order valence-corrected chi connectivity index (χ0v) is 10.0. The van der Waals surface area contributed by atoms with E-state index < -0.39 is 11.7 Å². The van der Waals surface area contributed by atoms with Gasteiger partial charge < -0.3 is 4.74 Å². The van der Waals surface area contributed by atoms with E-state index >= 15 is 0 Å². The predicted molar refractivity (Wildman–Crippen MR) is 60.4 cm³/mol. The summed E-state index contributed by atoms with van der Waals surface area (Å²) in [5.41, 5.74) is -0.611. The van der Waals surface area contributed by atoms with Crippen LogP contribution in [0.25, 0.3) is 0 Å². The molecule has 18 heavy (non-hydrogen) atoms. The van der Waals surface area contributed by atoms with Gasteiger partial charge in [-0.1, -0.05) is 13.8 Å². The van der Waals surface area contributed by atoms with Crippen molar-refractivity contribution in [2.75, 3.05) is 6.61 Å². The van der Waals surface area contributed by atoms with Crippen molar-refractivity contribution in [2.24, 2.45) is 10.9 Å². The fourth-order valence-electron chi connectivity index (χ4n) is 1.59. The highest BCUT2D eigenvalue weighted by atomic mass is 19.4. The van der Waals surface area contributed by atoms with Crippen LogP contribution in [0.2, 0.25) is 0 Å². The Kier molecular flexibility index (Phi) is 3.28. The van der Waals surface area contributed by atoms with Crippen LogP contribution in [0.5, 0.6) is 0 Å². The summed E-state index contributed by atoms with van der Waals surface area (Å²) in [5, 5.41) is 0. The number of aliphatic imine (C=N–C) groups is 1. The topological polar surface area (TPSA) is 34.5 Å². The molecule has 2 heterocycles. The number of ether oxygens (including phenoxy) is 1. The third-order valence-corrected chi connectivity index (χ3v) is 2.75. The number of nitrogens with zero attached hydrogens (tertiary/aromatic N) is 2. The van der Waals surface area contributed by atoms with Crippen molar-refractivity contribution in [3.05, 3.63) is 29.6 Å². The van der Waals surface area contributed by atoms with Crippen LogP contribution in [0.3, 0.4) is 0 Å². The van der Waals surface area contributed by atoms with Crippen LogP contribution < -0.4 is 0 Å². The molecule has 0 radical (unpaired) electrons. The third kappa shape index (κ3) is 2.63. The zero-order chi connectivity index (χ0) is 13.3. The molecule has 1 aromatic rings. The average Bonchev–Trinajstić information content (AvgIpc) is 2.77. The smallest absolute Gasteiger partial charge is 0.416 e. The maximum Gasteiger partial charge on any atom is 0.416 e. The molecule has 1 aliphatic heterocycles. The predicted octanol–water partition coefficient (Wildman–Crippen LogP) is 2.90. The van der Waals surface area contributed by atoms with Gasteiger partial charge in [0, 0.05) is 6.20 Å². The minimum Gasteiger partial charge on any atom is -0.474 e. The molecule has 98 valence electrons. The lowest BCUT2D eigenvalue weighted by Crippen LogP contribution is -2.13. The Bertz CT molecular complexity index is 469. The number of hydrogen-bond donors (Lipinski definition) is 0. The zero-order valence-electron chi connectivity index (χ0n) is 10.0. The van der Waals surface area contributed by atoms with Crippen molar-refractivity contribution < 1.29 is 17.9 Å². The summed E-state index contributed by atoms with van der Waals surface area (Å²) in [6.45, 7) is 4.37. The van der Waals surface area contributed by atoms with Crippen LogP contribution >= 0.6 is 0 Å². The van der Waals surface area contributed by atoms with Gasteiger partial charge in [0.05, 0.1) is 11.6 Å². The number of rotatable bonds is 2. The Morgan fingerprint density at radius 2 is 2.11 bits per heavy atom. The number of alkyl halides is 3. The minimum atomic E-state index is -4.38. The molecule has 0 spiro atoms. The summed E-state index contributed by atoms with van der Waals surface area (Å²) in [4.78, 5) is 8.12. The molecule has 0 aliphatic carbocycles. The van der Waals surface area contributed by atoms with Crippen molar-refractivity contribution in [1.29, 1.82) is 0 Å². The lowest BCUT2D eigenvalue weighted by atomic mass is 10.1. The minimum absolute atomic E-state index is 0.0173. The standard InChI is InChI=1S/C12H13F3N2O/c1-7(2)10-6-18-11(17-10)9-5-8(3-4-16-9)12(13,14)15/h3-5,7,10H,6H2,1-2H3/t10-/m1/s1. The van der Waals surface area contributed by atoms with Crippen LogP contribution in [0.1, 0.15) is 25.1 Å². The Hall–Kier alpha value is -1.59. The van der Waals surface area contributed by atoms with Gasteiger partial charge >= 0.3 is 6.18 Å². The molecule has 0 unspecified atom stereocenters. The van der Waals surface area contributed by atoms with E-state index in [9.17, 15) is 13.2 Å². The fourth-order valence-corrected chi connectivity index (χ4v) is 1.59. The van der Waals surface area contributed by atoms with Crippen molar-refractivity contribution in [3.63, 3.8) is 0 Å². The van der Waals surface area contributed by atoms with Crippen LogP contribution in [0, 0.1) is 5.92 Å². The highest BCUT2D eigenvalue weighted by molar-refractivity contribution is 5.93. The fraction of sp³-hybridized carbons (Fsp3) is 0.500. The molecule has 0 aromatic carbocycles. The molecule has 1 aromatic heterocycles. The molecular formula is C12H13F3N2O. The molecule has 0 saturated carbocycles. The van der Waals surface area contributed by atoms with Gasteiger partial charge in [-0.2, -0.15) is 13.2 Å². The van der Waals surface area contributed by atoms with E-state index in [1.807, 2.05) is 13.8 Å². The largest absolute Gasteiger partial charge is 0.474 e. The van der Waals surface area contributed by atoms with E-state index in [-0.39, 0.29) is 23.6 Å². The van der Waals surface area contributed by atoms with Crippen LogP contribution in [0.15, 0.2) is 23.3 Å². The van der Waals surface area contributed by atoms with Gasteiger partial charge in [-0.3, -0.25) is 4.98 Å². The monoisotopic (exact) mass is 258 g/mol. The van der Waals surface area contributed by atoms with Crippen molar-refractivity contribution in [3.8, 4) is 0 Å². The van der Waals surface area contributed by atoms with Crippen molar-refractivity contribution >= 4 is 5.90 Å². The van der Waals surface area contributed by atoms with Gasteiger partial charge in [0.1, 0.15) is 12.3 Å². The maximum absolute atomic E-state index is 12.6. The summed E-state index contributed by atoms with van der Waals surface area (Å²) in [6, 6.07) is 1.87. The van der Waals surface area contributed by atoms with E-state index in [0.29, 0.717) is 6.61 Å². The van der Waals surface area contributed by atoms with Gasteiger partial charge in [0.2, 0.25) is 5.90 Å². The van der Waals surface area contributed by atoms with Gasteiger partial charge in [-0.15, -0.1) is 0 Å². The third-order valence-electron chi connectivity index (χ3n) is 2.75. The molecule has 0 saturated heterocycles. The Labute approximate surface area is 103 Å². The summed E-state index contributed by atoms with van der Waals surface area (Å²) in [7, 11) is 0. The molecule has 0 N–H and O–H groups in total. The Morgan fingerprint density at radius 3 is 2.67 bits per heavy atom. The summed E-state index contributed by atoms with van der Waals surface area (Å²) < 4.78 is 43.0. The lowest BCUT2D eigenvalue weighted by molar-refractivity contribution is -0.137. The molecule has 1 atom stereocenters.